The van der Waals surface area contributed by atoms with Crippen molar-refractivity contribution in [3.63, 3.8) is 0 Å². The number of nitrogens with one attached hydrogen (secondary N) is 1. The van der Waals surface area contributed by atoms with Crippen LogP contribution in [-0.4, -0.2) is 37.2 Å². The Morgan fingerprint density at radius 1 is 1.14 bits per heavy atom. The maximum absolute atomic E-state index is 12.0. The molecular formula is C20H20N2O5S. The number of ether oxygens (including phenoxy) is 3. The summed E-state index contributed by atoms with van der Waals surface area (Å²) in [4.78, 5) is 28.1. The maximum atomic E-state index is 12.0. The van der Waals surface area contributed by atoms with Crippen LogP contribution in [0.5, 0.6) is 11.5 Å². The van der Waals surface area contributed by atoms with E-state index in [0.29, 0.717) is 16.6 Å². The lowest BCUT2D eigenvalue weighted by Gasteiger charge is -2.10. The number of aromatic nitrogens is 1. The van der Waals surface area contributed by atoms with Crippen molar-refractivity contribution in [3.05, 3.63) is 48.0 Å². The highest BCUT2D eigenvalue weighted by atomic mass is 32.1. The average molecular weight is 400 g/mol. The summed E-state index contributed by atoms with van der Waals surface area (Å²) in [7, 11) is 1.54. The molecule has 0 fully saturated rings. The van der Waals surface area contributed by atoms with E-state index in [2.05, 4.69) is 10.3 Å². The van der Waals surface area contributed by atoms with Gasteiger partial charge in [-0.3, -0.25) is 14.9 Å². The van der Waals surface area contributed by atoms with Crippen molar-refractivity contribution in [1.82, 2.24) is 4.98 Å². The first-order chi connectivity index (χ1) is 13.5. The molecule has 2 aromatic carbocycles. The Balaban J connectivity index is 1.41. The molecular weight excluding hydrogens is 380 g/mol. The Bertz CT molecular complexity index is 986. The largest absolute Gasteiger partial charge is 0.493 e. The Kier molecular flexibility index (Phi) is 6.44. The fourth-order valence-corrected chi connectivity index (χ4v) is 3.42. The van der Waals surface area contributed by atoms with Gasteiger partial charge in [-0.25, -0.2) is 4.98 Å². The van der Waals surface area contributed by atoms with Crippen molar-refractivity contribution in [2.45, 2.75) is 13.3 Å². The normalized spacial score (nSPS) is 10.5. The minimum absolute atomic E-state index is 0.0196. The monoisotopic (exact) mass is 400 g/mol. The van der Waals surface area contributed by atoms with Gasteiger partial charge in [0.15, 0.2) is 23.2 Å². The minimum atomic E-state index is -0.523. The molecule has 0 aliphatic carbocycles. The van der Waals surface area contributed by atoms with Crippen LogP contribution in [0.1, 0.15) is 12.0 Å². The van der Waals surface area contributed by atoms with Crippen LogP contribution in [0, 0.1) is 6.92 Å². The highest BCUT2D eigenvalue weighted by Gasteiger charge is 2.11. The zero-order valence-corrected chi connectivity index (χ0v) is 16.4. The van der Waals surface area contributed by atoms with Crippen molar-refractivity contribution in [3.8, 4) is 11.5 Å². The number of thiazole rings is 1. The average Bonchev–Trinajstić information content (AvgIpc) is 3.08. The molecule has 28 heavy (non-hydrogen) atoms. The molecule has 146 valence electrons. The number of esters is 1. The highest BCUT2D eigenvalue weighted by Crippen LogP contribution is 2.27. The number of benzene rings is 2. The third-order valence-corrected chi connectivity index (χ3v) is 4.72. The number of methoxy groups -OCH3 is 1. The molecule has 0 spiro atoms. The first-order valence-electron chi connectivity index (χ1n) is 8.63. The van der Waals surface area contributed by atoms with E-state index in [1.54, 1.807) is 19.2 Å². The fraction of sp³-hybridized carbons (Fsp3) is 0.250. The topological polar surface area (TPSA) is 86.8 Å². The number of amides is 1. The summed E-state index contributed by atoms with van der Waals surface area (Å²) < 4.78 is 16.6. The van der Waals surface area contributed by atoms with Gasteiger partial charge in [0.1, 0.15) is 0 Å². The predicted molar refractivity (Wildman–Crippen MR) is 107 cm³/mol. The number of fused-ring (bicyclic) bond motifs is 1. The summed E-state index contributed by atoms with van der Waals surface area (Å²) in [6.07, 6.45) is 0.0196. The molecule has 0 bridgehead atoms. The molecule has 0 saturated carbocycles. The molecule has 0 unspecified atom stereocenters. The molecule has 1 heterocycles. The number of rotatable bonds is 8. The second-order valence-electron chi connectivity index (χ2n) is 5.95. The molecule has 7 nitrogen and oxygen atoms in total. The Labute approximate surface area is 166 Å². The van der Waals surface area contributed by atoms with Crippen LogP contribution in [0.3, 0.4) is 0 Å². The molecule has 1 N–H and O–H groups in total. The van der Waals surface area contributed by atoms with Crippen molar-refractivity contribution >= 4 is 38.6 Å². The van der Waals surface area contributed by atoms with Crippen molar-refractivity contribution in [2.75, 3.05) is 25.6 Å². The molecule has 8 heteroatoms. The summed E-state index contributed by atoms with van der Waals surface area (Å²) in [6.45, 7) is 1.74. The lowest BCUT2D eigenvalue weighted by atomic mass is 10.2. The van der Waals surface area contributed by atoms with E-state index in [0.717, 1.165) is 15.8 Å². The standard InChI is InChI=1S/C20H20N2O5S/c1-13-7-8-14-17(11-13)28-20(21-14)22-18(23)12-27-19(24)9-10-26-16-6-4-3-5-15(16)25-2/h3-8,11H,9-10,12H2,1-2H3,(H,21,22,23). The number of nitrogens with zero attached hydrogens (tertiary/aromatic N) is 1. The van der Waals surface area contributed by atoms with Crippen LogP contribution in [0.15, 0.2) is 42.5 Å². The zero-order valence-electron chi connectivity index (χ0n) is 15.6. The van der Waals surface area contributed by atoms with E-state index in [4.69, 9.17) is 14.2 Å². The molecule has 3 rings (SSSR count). The van der Waals surface area contributed by atoms with E-state index in [1.807, 2.05) is 37.3 Å². The van der Waals surface area contributed by atoms with Gasteiger partial charge < -0.3 is 14.2 Å². The number of carbonyl (C=O) groups excluding carboxylic acids is 2. The second kappa shape index (κ2) is 9.18. The molecule has 0 atom stereocenters. The van der Waals surface area contributed by atoms with Gasteiger partial charge in [0.2, 0.25) is 0 Å². The smallest absolute Gasteiger partial charge is 0.309 e. The molecule has 3 aromatic rings. The summed E-state index contributed by atoms with van der Waals surface area (Å²) in [5, 5.41) is 3.12. The van der Waals surface area contributed by atoms with Gasteiger partial charge in [-0.2, -0.15) is 0 Å². The summed E-state index contributed by atoms with van der Waals surface area (Å²) in [5.74, 6) is 0.169. The van der Waals surface area contributed by atoms with Gasteiger partial charge in [-0.05, 0) is 36.8 Å². The van der Waals surface area contributed by atoms with Gasteiger partial charge in [0.05, 0.1) is 30.4 Å². The Morgan fingerprint density at radius 2 is 1.93 bits per heavy atom. The van der Waals surface area contributed by atoms with Crippen LogP contribution in [0.2, 0.25) is 0 Å². The molecule has 0 saturated heterocycles. The first kappa shape index (κ1) is 19.6. The number of anilines is 1. The zero-order chi connectivity index (χ0) is 19.9. The fourth-order valence-electron chi connectivity index (χ4n) is 2.44. The third-order valence-electron chi connectivity index (χ3n) is 3.79. The van der Waals surface area contributed by atoms with E-state index in [9.17, 15) is 9.59 Å². The van der Waals surface area contributed by atoms with Crippen LogP contribution in [-0.2, 0) is 14.3 Å². The number of para-hydroxylation sites is 2. The van der Waals surface area contributed by atoms with E-state index in [-0.39, 0.29) is 19.6 Å². The van der Waals surface area contributed by atoms with Crippen LogP contribution < -0.4 is 14.8 Å². The quantitative estimate of drug-likeness (QED) is 0.582. The summed E-state index contributed by atoms with van der Waals surface area (Å²) in [6, 6.07) is 13.0. The third kappa shape index (κ3) is 5.20. The van der Waals surface area contributed by atoms with E-state index >= 15 is 0 Å². The molecule has 0 radical (unpaired) electrons. The van der Waals surface area contributed by atoms with Gasteiger partial charge in [0.25, 0.3) is 5.91 Å². The Hall–Kier alpha value is -3.13. The number of aryl methyl sites for hydroxylation is 1. The lowest BCUT2D eigenvalue weighted by molar-refractivity contribution is -0.147. The van der Waals surface area contributed by atoms with Gasteiger partial charge in [-0.15, -0.1) is 0 Å². The van der Waals surface area contributed by atoms with Gasteiger partial charge in [-0.1, -0.05) is 29.5 Å². The van der Waals surface area contributed by atoms with Crippen molar-refractivity contribution in [1.29, 1.82) is 0 Å². The van der Waals surface area contributed by atoms with Crippen LogP contribution in [0.4, 0.5) is 5.13 Å². The highest BCUT2D eigenvalue weighted by molar-refractivity contribution is 7.22. The number of hydrogen-bond acceptors (Lipinski definition) is 7. The molecule has 1 amide bonds. The number of carbonyl (C=O) groups is 2. The molecule has 1 aromatic heterocycles. The van der Waals surface area contributed by atoms with Crippen LogP contribution >= 0.6 is 11.3 Å². The van der Waals surface area contributed by atoms with Crippen molar-refractivity contribution < 1.29 is 23.8 Å². The predicted octanol–water partition coefficient (Wildman–Crippen LogP) is 3.56. The lowest BCUT2D eigenvalue weighted by Crippen LogP contribution is -2.21. The first-order valence-corrected chi connectivity index (χ1v) is 9.45. The van der Waals surface area contributed by atoms with E-state index < -0.39 is 11.9 Å². The van der Waals surface area contributed by atoms with Crippen molar-refractivity contribution in [2.24, 2.45) is 0 Å². The summed E-state index contributed by atoms with van der Waals surface area (Å²) >= 11 is 1.37. The SMILES string of the molecule is COc1ccccc1OCCC(=O)OCC(=O)Nc1nc2ccc(C)cc2s1. The minimum Gasteiger partial charge on any atom is -0.493 e. The summed E-state index contributed by atoms with van der Waals surface area (Å²) in [5.41, 5.74) is 1.94. The second-order valence-corrected chi connectivity index (χ2v) is 6.98. The Morgan fingerprint density at radius 3 is 2.71 bits per heavy atom. The van der Waals surface area contributed by atoms with E-state index in [1.165, 1.54) is 11.3 Å². The number of hydrogen-bond donors (Lipinski definition) is 1. The molecule has 0 aliphatic heterocycles. The van der Waals surface area contributed by atoms with Gasteiger partial charge >= 0.3 is 5.97 Å². The van der Waals surface area contributed by atoms with Crippen LogP contribution in [0.25, 0.3) is 10.2 Å². The molecule has 0 aliphatic rings. The van der Waals surface area contributed by atoms with Gasteiger partial charge in [0, 0.05) is 0 Å². The maximum Gasteiger partial charge on any atom is 0.309 e.